The van der Waals surface area contributed by atoms with Gasteiger partial charge in [0.25, 0.3) is 0 Å². The number of aromatic nitrogens is 4. The van der Waals surface area contributed by atoms with E-state index >= 15 is 0 Å². The van der Waals surface area contributed by atoms with Gasteiger partial charge in [-0.05, 0) is 53.8 Å². The van der Waals surface area contributed by atoms with Crippen molar-refractivity contribution in [3.05, 3.63) is 78.2 Å². The minimum atomic E-state index is -0.273. The molecule has 2 aromatic heterocycles. The number of carbonyl (C=O) groups excluding carboxylic acids is 1. The number of urea groups is 1. The van der Waals surface area contributed by atoms with Crippen LogP contribution in [0.4, 0.5) is 16.3 Å². The first-order chi connectivity index (χ1) is 14.6. The molecule has 0 aliphatic carbocycles. The Morgan fingerprint density at radius 2 is 2.00 bits per heavy atom. The van der Waals surface area contributed by atoms with Crippen LogP contribution >= 0.6 is 0 Å². The normalized spacial score (nSPS) is 10.7. The Morgan fingerprint density at radius 3 is 2.73 bits per heavy atom. The quantitative estimate of drug-likeness (QED) is 0.514. The molecule has 30 heavy (non-hydrogen) atoms. The Hall–Kier alpha value is -3.94. The van der Waals surface area contributed by atoms with Gasteiger partial charge in [-0.2, -0.15) is 4.79 Å². The zero-order chi connectivity index (χ0) is 20.9. The highest BCUT2D eigenvalue weighted by Gasteiger charge is 2.14. The lowest BCUT2D eigenvalue weighted by molar-refractivity contribution is 0.252. The van der Waals surface area contributed by atoms with Crippen molar-refractivity contribution in [3.63, 3.8) is 0 Å². The summed E-state index contributed by atoms with van der Waals surface area (Å²) < 4.78 is 0. The number of pyridine rings is 1. The lowest BCUT2D eigenvalue weighted by Gasteiger charge is -2.25. The molecule has 8 nitrogen and oxygen atoms in total. The molecule has 0 radical (unpaired) electrons. The Kier molecular flexibility index (Phi) is 5.56. The molecule has 8 heteroatoms. The Bertz CT molecular complexity index is 1140. The van der Waals surface area contributed by atoms with E-state index in [9.17, 15) is 4.79 Å². The number of amides is 2. The van der Waals surface area contributed by atoms with Crippen LogP contribution in [0.5, 0.6) is 0 Å². The maximum Gasteiger partial charge on any atom is 0.320 e. The van der Waals surface area contributed by atoms with Crippen LogP contribution in [0.2, 0.25) is 0 Å². The molecule has 152 valence electrons. The standard InChI is InChI=1S/C22H23N7O/c1-3-23-22(30)26-21-13-18-12-19(11-16(2)20(18)14-24-21)28(29-10-9-25-27-29)15-17-7-5-4-6-8-17/h4-14H,3,15H2,1-2H3,(H2,23,24,26,30). The summed E-state index contributed by atoms with van der Waals surface area (Å²) >= 11 is 0. The second kappa shape index (κ2) is 8.60. The van der Waals surface area contributed by atoms with Crippen molar-refractivity contribution >= 4 is 28.3 Å². The summed E-state index contributed by atoms with van der Waals surface area (Å²) in [4.78, 5) is 18.0. The van der Waals surface area contributed by atoms with Crippen LogP contribution in [-0.2, 0) is 6.54 Å². The minimum absolute atomic E-state index is 0.273. The molecule has 4 aromatic rings. The fourth-order valence-corrected chi connectivity index (χ4v) is 3.33. The molecule has 2 N–H and O–H groups in total. The van der Waals surface area contributed by atoms with Gasteiger partial charge in [0, 0.05) is 18.1 Å². The largest absolute Gasteiger partial charge is 0.338 e. The van der Waals surface area contributed by atoms with Gasteiger partial charge in [0.1, 0.15) is 5.82 Å². The average molecular weight is 401 g/mol. The third kappa shape index (κ3) is 4.22. The number of nitrogens with one attached hydrogen (secondary N) is 2. The highest BCUT2D eigenvalue weighted by molar-refractivity contribution is 5.94. The number of hydrogen-bond donors (Lipinski definition) is 2. The van der Waals surface area contributed by atoms with Gasteiger partial charge in [-0.15, -0.1) is 5.10 Å². The second-order valence-corrected chi connectivity index (χ2v) is 6.90. The van der Waals surface area contributed by atoms with Gasteiger partial charge in [-0.1, -0.05) is 30.3 Å². The predicted octanol–water partition coefficient (Wildman–Crippen LogP) is 3.75. The van der Waals surface area contributed by atoms with Crippen molar-refractivity contribution in [1.29, 1.82) is 0 Å². The van der Waals surface area contributed by atoms with Gasteiger partial charge in [0.05, 0.1) is 24.6 Å². The highest BCUT2D eigenvalue weighted by Crippen LogP contribution is 2.28. The number of fused-ring (bicyclic) bond motifs is 1. The van der Waals surface area contributed by atoms with Gasteiger partial charge in [-0.3, -0.25) is 10.3 Å². The molecule has 4 rings (SSSR count). The molecule has 0 unspecified atom stereocenters. The van der Waals surface area contributed by atoms with Crippen LogP contribution in [0.1, 0.15) is 18.1 Å². The van der Waals surface area contributed by atoms with Crippen LogP contribution in [-0.4, -0.2) is 32.7 Å². The molecular weight excluding hydrogens is 378 g/mol. The molecule has 0 spiro atoms. The highest BCUT2D eigenvalue weighted by atomic mass is 16.2. The van der Waals surface area contributed by atoms with E-state index < -0.39 is 0 Å². The van der Waals surface area contributed by atoms with Crippen LogP contribution in [0.25, 0.3) is 10.8 Å². The third-order valence-electron chi connectivity index (χ3n) is 4.74. The maximum atomic E-state index is 11.9. The molecule has 0 fully saturated rings. The maximum absolute atomic E-state index is 11.9. The van der Waals surface area contributed by atoms with Crippen LogP contribution in [0, 0.1) is 6.92 Å². The summed E-state index contributed by atoms with van der Waals surface area (Å²) in [6.45, 7) is 5.10. The molecule has 0 aliphatic rings. The molecule has 2 aromatic carbocycles. The predicted molar refractivity (Wildman–Crippen MR) is 117 cm³/mol. The number of benzene rings is 2. The molecular formula is C22H23N7O. The van der Waals surface area contributed by atoms with E-state index in [1.54, 1.807) is 17.2 Å². The van der Waals surface area contributed by atoms with Crippen LogP contribution < -0.4 is 15.6 Å². The topological polar surface area (TPSA) is 88.0 Å². The van der Waals surface area contributed by atoms with E-state index in [2.05, 4.69) is 50.2 Å². The van der Waals surface area contributed by atoms with E-state index in [0.29, 0.717) is 18.9 Å². The number of anilines is 2. The first-order valence-corrected chi connectivity index (χ1v) is 9.77. The van der Waals surface area contributed by atoms with Crippen molar-refractivity contribution in [1.82, 2.24) is 25.4 Å². The van der Waals surface area contributed by atoms with Crippen LogP contribution in [0.15, 0.2) is 67.1 Å². The molecule has 2 amide bonds. The summed E-state index contributed by atoms with van der Waals surface area (Å²) in [6.07, 6.45) is 5.26. The van der Waals surface area contributed by atoms with Gasteiger partial charge in [0.15, 0.2) is 0 Å². The van der Waals surface area contributed by atoms with Crippen molar-refractivity contribution in [2.45, 2.75) is 20.4 Å². The molecule has 0 bridgehead atoms. The first kappa shape index (κ1) is 19.4. The lowest BCUT2D eigenvalue weighted by atomic mass is 10.1. The zero-order valence-electron chi connectivity index (χ0n) is 16.9. The van der Waals surface area contributed by atoms with Crippen molar-refractivity contribution in [2.75, 3.05) is 16.9 Å². The summed E-state index contributed by atoms with van der Waals surface area (Å²) in [7, 11) is 0. The second-order valence-electron chi connectivity index (χ2n) is 6.90. The van der Waals surface area contributed by atoms with Crippen molar-refractivity contribution < 1.29 is 4.79 Å². The van der Waals surface area contributed by atoms with Crippen LogP contribution in [0.3, 0.4) is 0 Å². The number of aryl methyl sites for hydroxylation is 1. The van der Waals surface area contributed by atoms with E-state index in [4.69, 9.17) is 0 Å². The Balaban J connectivity index is 1.73. The number of nitrogens with zero attached hydrogens (tertiary/aromatic N) is 5. The molecule has 2 heterocycles. The summed E-state index contributed by atoms with van der Waals surface area (Å²) in [6, 6.07) is 16.0. The number of rotatable bonds is 6. The molecule has 0 atom stereocenters. The monoisotopic (exact) mass is 401 g/mol. The van der Waals surface area contributed by atoms with Crippen molar-refractivity contribution in [2.24, 2.45) is 0 Å². The van der Waals surface area contributed by atoms with Crippen molar-refractivity contribution in [3.8, 4) is 0 Å². The third-order valence-corrected chi connectivity index (χ3v) is 4.74. The first-order valence-electron chi connectivity index (χ1n) is 9.77. The SMILES string of the molecule is CCNC(=O)Nc1cc2cc(N(Cc3ccccc3)n3ccnn3)cc(C)c2cn1. The fourth-order valence-electron chi connectivity index (χ4n) is 3.33. The van der Waals surface area contributed by atoms with E-state index in [1.807, 2.05) is 49.3 Å². The molecule has 0 saturated heterocycles. The minimum Gasteiger partial charge on any atom is -0.338 e. The number of carbonyl (C=O) groups is 1. The molecule has 0 saturated carbocycles. The van der Waals surface area contributed by atoms with Gasteiger partial charge >= 0.3 is 6.03 Å². The zero-order valence-corrected chi connectivity index (χ0v) is 16.9. The van der Waals surface area contributed by atoms with E-state index in [1.165, 1.54) is 0 Å². The lowest BCUT2D eigenvalue weighted by Crippen LogP contribution is -2.29. The van der Waals surface area contributed by atoms with E-state index in [-0.39, 0.29) is 6.03 Å². The number of hydrogen-bond acceptors (Lipinski definition) is 5. The van der Waals surface area contributed by atoms with Gasteiger partial charge < -0.3 is 5.32 Å². The Morgan fingerprint density at radius 1 is 1.17 bits per heavy atom. The van der Waals surface area contributed by atoms with Gasteiger partial charge in [-0.25, -0.2) is 9.78 Å². The Labute approximate surface area is 174 Å². The molecule has 0 aliphatic heterocycles. The average Bonchev–Trinajstić information content (AvgIpc) is 3.27. The summed E-state index contributed by atoms with van der Waals surface area (Å²) in [5.74, 6) is 0.500. The summed E-state index contributed by atoms with van der Waals surface area (Å²) in [5, 5.41) is 17.7. The smallest absolute Gasteiger partial charge is 0.320 e. The van der Waals surface area contributed by atoms with E-state index in [0.717, 1.165) is 27.6 Å². The fraction of sp³-hybridized carbons (Fsp3) is 0.182. The van der Waals surface area contributed by atoms with Gasteiger partial charge in [0.2, 0.25) is 0 Å². The summed E-state index contributed by atoms with van der Waals surface area (Å²) in [5.41, 5.74) is 3.20.